The van der Waals surface area contributed by atoms with Crippen molar-refractivity contribution in [3.05, 3.63) is 193 Å². The summed E-state index contributed by atoms with van der Waals surface area (Å²) in [5.74, 6) is 1.45. The molecule has 2 aromatic heterocycles. The van der Waals surface area contributed by atoms with Crippen LogP contribution in [0.25, 0.3) is 83.9 Å². The van der Waals surface area contributed by atoms with Gasteiger partial charge < -0.3 is 4.57 Å². The topological polar surface area (TPSA) is 67.4 Å². The van der Waals surface area contributed by atoms with Gasteiger partial charge in [0.2, 0.25) is 0 Å². The summed E-state index contributed by atoms with van der Waals surface area (Å²) < 4.78 is 77.0. The molecule has 0 unspecified atom stereocenters. The number of hydrogen-bond acceptors (Lipinski definition) is 4. The van der Waals surface area contributed by atoms with Gasteiger partial charge in [0, 0.05) is 33.0 Å². The van der Waals surface area contributed by atoms with Crippen molar-refractivity contribution in [1.82, 2.24) is 19.5 Å². The molecule has 310 valence electrons. The average Bonchev–Trinajstić information content (AvgIpc) is 3.64. The predicted octanol–water partition coefficient (Wildman–Crippen LogP) is 14.7. The highest BCUT2D eigenvalue weighted by molar-refractivity contribution is 6.11. The van der Waals surface area contributed by atoms with E-state index in [9.17, 15) is 31.6 Å². The van der Waals surface area contributed by atoms with Crippen molar-refractivity contribution in [2.75, 3.05) is 0 Å². The van der Waals surface area contributed by atoms with Crippen molar-refractivity contribution in [2.24, 2.45) is 0 Å². The van der Waals surface area contributed by atoms with Gasteiger partial charge in [0.25, 0.3) is 0 Å². The maximum atomic E-state index is 13.6. The van der Waals surface area contributed by atoms with Gasteiger partial charge in [-0.25, -0.2) is 15.0 Å². The van der Waals surface area contributed by atoms with Gasteiger partial charge in [-0.3, -0.25) is 0 Å². The molecule has 0 bridgehead atoms. The number of benzene rings is 7. The van der Waals surface area contributed by atoms with Gasteiger partial charge in [0.15, 0.2) is 17.5 Å². The first-order valence-corrected chi connectivity index (χ1v) is 19.8. The first kappa shape index (κ1) is 41.9. The Morgan fingerprint density at radius 2 is 1.06 bits per heavy atom. The number of halogens is 6. The van der Waals surface area contributed by atoms with E-state index in [4.69, 9.17) is 15.0 Å². The summed E-state index contributed by atoms with van der Waals surface area (Å²) >= 11 is 0. The molecule has 0 fully saturated rings. The van der Waals surface area contributed by atoms with Crippen molar-refractivity contribution in [1.29, 1.82) is 5.26 Å². The molecule has 0 radical (unpaired) electrons. The Morgan fingerprint density at radius 1 is 0.524 bits per heavy atom. The summed E-state index contributed by atoms with van der Waals surface area (Å²) in [6, 6.07) is 54.5. The Kier molecular flexibility index (Phi) is 11.5. The summed E-state index contributed by atoms with van der Waals surface area (Å²) in [5.41, 5.74) is 7.31. The molecule has 0 aliphatic carbocycles. The molecule has 0 aliphatic heterocycles. The Morgan fingerprint density at radius 3 is 1.65 bits per heavy atom. The van der Waals surface area contributed by atoms with Gasteiger partial charge in [-0.1, -0.05) is 127 Å². The van der Waals surface area contributed by atoms with Crippen molar-refractivity contribution in [2.45, 2.75) is 26.2 Å². The molecule has 0 aliphatic rings. The lowest BCUT2D eigenvalue weighted by Crippen LogP contribution is -2.07. The molecule has 0 atom stereocenters. The summed E-state index contributed by atoms with van der Waals surface area (Å²) in [7, 11) is 0. The molecule has 7 aromatic carbocycles. The first-order valence-electron chi connectivity index (χ1n) is 19.8. The van der Waals surface area contributed by atoms with Gasteiger partial charge in [-0.15, -0.1) is 0 Å². The Balaban J connectivity index is 0.000000622. The molecule has 0 amide bonds. The Labute approximate surface area is 358 Å². The molecule has 9 aromatic rings. The highest BCUT2D eigenvalue weighted by Crippen LogP contribution is 2.40. The van der Waals surface area contributed by atoms with Crippen LogP contribution < -0.4 is 0 Å². The van der Waals surface area contributed by atoms with Crippen LogP contribution in [-0.4, -0.2) is 25.7 Å². The van der Waals surface area contributed by atoms with E-state index in [2.05, 4.69) is 22.8 Å². The second-order valence-electron chi connectivity index (χ2n) is 14.6. The predicted molar refractivity (Wildman–Crippen MR) is 237 cm³/mol. The minimum Gasteiger partial charge on any atom is -0.308 e. The van der Waals surface area contributed by atoms with E-state index in [0.29, 0.717) is 34.2 Å². The third-order valence-corrected chi connectivity index (χ3v) is 10.6. The summed E-state index contributed by atoms with van der Waals surface area (Å²) in [6.45, 7) is 2.41. The van der Waals surface area contributed by atoms with Gasteiger partial charge >= 0.3 is 12.4 Å². The molecule has 0 spiro atoms. The highest BCUT2D eigenvalue weighted by atomic mass is 19.4. The van der Waals surface area contributed by atoms with E-state index in [1.54, 1.807) is 0 Å². The van der Waals surface area contributed by atoms with E-state index in [1.807, 2.05) is 133 Å². The van der Waals surface area contributed by atoms with E-state index in [1.165, 1.54) is 19.1 Å². The largest absolute Gasteiger partial charge is 0.416 e. The zero-order chi connectivity index (χ0) is 44.3. The van der Waals surface area contributed by atoms with E-state index in [-0.39, 0.29) is 0 Å². The second-order valence-corrected chi connectivity index (χ2v) is 14.6. The van der Waals surface area contributed by atoms with Crippen LogP contribution in [0.2, 0.25) is 0 Å². The van der Waals surface area contributed by atoms with Crippen LogP contribution in [0.1, 0.15) is 25.0 Å². The van der Waals surface area contributed by atoms with Gasteiger partial charge in [-0.2, -0.15) is 31.6 Å². The minimum absolute atomic E-state index is 0.437. The summed E-state index contributed by atoms with van der Waals surface area (Å²) in [6.07, 6.45) is -7.54. The van der Waals surface area contributed by atoms with Crippen LogP contribution in [0.5, 0.6) is 0 Å². The molecule has 0 N–H and O–H groups in total. The summed E-state index contributed by atoms with van der Waals surface area (Å²) in [5, 5.41) is 11.9. The zero-order valence-electron chi connectivity index (χ0n) is 33.7. The number of alkyl halides is 6. The molecular weight excluding hydrogens is 809 g/mol. The van der Waals surface area contributed by atoms with E-state index < -0.39 is 23.5 Å². The number of nitriles is 1. The number of hydrogen-bond donors (Lipinski definition) is 0. The molecule has 0 saturated heterocycles. The van der Waals surface area contributed by atoms with Crippen LogP contribution in [0.3, 0.4) is 0 Å². The molecular formula is C52H35F6N5. The fourth-order valence-corrected chi connectivity index (χ4v) is 7.26. The minimum atomic E-state index is -4.45. The van der Waals surface area contributed by atoms with Crippen molar-refractivity contribution < 1.29 is 26.3 Å². The first-order chi connectivity index (χ1) is 30.3. The third kappa shape index (κ3) is 8.70. The molecule has 5 nitrogen and oxygen atoms in total. The maximum absolute atomic E-state index is 13.6. The SMILES string of the molecule is C/C=C(\C)C(F)(F)F.N#Cc1ccccc1-c1ccc2c(c1)c1ccccc1n2-c1cc(-c2ccc(C(F)(F)F)cc2)ccc1-c1nc(-c2ccccc2)nc(-c2ccccc2)n1. The van der Waals surface area contributed by atoms with Crippen molar-refractivity contribution >= 4 is 21.8 Å². The number of allylic oxidation sites excluding steroid dienone is 2. The van der Waals surface area contributed by atoms with Crippen LogP contribution in [0.15, 0.2) is 182 Å². The normalized spacial score (nSPS) is 11.9. The molecule has 11 heteroatoms. The fourth-order valence-electron chi connectivity index (χ4n) is 7.26. The zero-order valence-corrected chi connectivity index (χ0v) is 33.7. The number of para-hydroxylation sites is 1. The number of rotatable bonds is 6. The van der Waals surface area contributed by atoms with E-state index >= 15 is 0 Å². The van der Waals surface area contributed by atoms with E-state index in [0.717, 1.165) is 80.4 Å². The third-order valence-electron chi connectivity index (χ3n) is 10.6. The lowest BCUT2D eigenvalue weighted by Gasteiger charge is -2.17. The highest BCUT2D eigenvalue weighted by Gasteiger charge is 2.30. The Bertz CT molecular complexity index is 3110. The van der Waals surface area contributed by atoms with Crippen LogP contribution in [-0.2, 0) is 6.18 Å². The number of fused-ring (bicyclic) bond motifs is 3. The summed E-state index contributed by atoms with van der Waals surface area (Å²) in [4.78, 5) is 15.0. The quantitative estimate of drug-likeness (QED) is 0.124. The van der Waals surface area contributed by atoms with Crippen molar-refractivity contribution in [3.8, 4) is 68.2 Å². The van der Waals surface area contributed by atoms with Crippen molar-refractivity contribution in [3.63, 3.8) is 0 Å². The number of nitrogens with zero attached hydrogens (tertiary/aromatic N) is 5. The smallest absolute Gasteiger partial charge is 0.308 e. The number of aromatic nitrogens is 4. The average molecular weight is 844 g/mol. The lowest BCUT2D eigenvalue weighted by molar-refractivity contribution is -0.137. The standard InChI is InChI=1S/C47H28F3N5.C5H7F3/c48-47(49,50)36-23-19-30(20-24-36)33-21-25-39(46-53-44(31-11-3-1-4-12-31)52-45(54-46)32-13-5-2-6-14-32)43(28-33)55-41-18-10-9-17-38(41)40-27-34(22-26-42(40)55)37-16-8-7-15-35(37)29-51;1-3-4(2)5(6,7)8/h1-28H;3H,1-2H3/b;4-3+. The van der Waals surface area contributed by atoms with Crippen LogP contribution in [0.4, 0.5) is 26.3 Å². The molecule has 0 saturated carbocycles. The van der Waals surface area contributed by atoms with Crippen LogP contribution >= 0.6 is 0 Å². The molecule has 9 rings (SSSR count). The van der Waals surface area contributed by atoms with Gasteiger partial charge in [0.1, 0.15) is 0 Å². The fraction of sp³-hybridized carbons (Fsp3) is 0.0769. The molecule has 63 heavy (non-hydrogen) atoms. The van der Waals surface area contributed by atoms with Gasteiger partial charge in [0.05, 0.1) is 33.9 Å². The lowest BCUT2D eigenvalue weighted by atomic mass is 9.98. The van der Waals surface area contributed by atoms with Crippen LogP contribution in [0, 0.1) is 11.3 Å². The Hall–Kier alpha value is -7.84. The molecule has 2 heterocycles. The maximum Gasteiger partial charge on any atom is 0.416 e. The monoisotopic (exact) mass is 843 g/mol. The second kappa shape index (κ2) is 17.3. The van der Waals surface area contributed by atoms with Gasteiger partial charge in [-0.05, 0) is 84.6 Å².